The van der Waals surface area contributed by atoms with E-state index in [-0.39, 0.29) is 18.1 Å². The summed E-state index contributed by atoms with van der Waals surface area (Å²) in [4.78, 5) is 11.8. The second-order valence-electron chi connectivity index (χ2n) is 4.17. The maximum atomic E-state index is 12.7. The van der Waals surface area contributed by atoms with E-state index >= 15 is 0 Å². The van der Waals surface area contributed by atoms with Crippen molar-refractivity contribution in [1.82, 2.24) is 10.2 Å². The molecule has 1 aromatic carbocycles. The molecule has 0 saturated carbocycles. The maximum absolute atomic E-state index is 12.7. The number of rotatable bonds is 3. The van der Waals surface area contributed by atoms with Crippen LogP contribution in [0.25, 0.3) is 0 Å². The lowest BCUT2D eigenvalue weighted by atomic mass is 10.1. The van der Waals surface area contributed by atoms with Crippen molar-refractivity contribution in [2.75, 3.05) is 5.32 Å². The molecule has 0 atom stereocenters. The van der Waals surface area contributed by atoms with E-state index in [1.807, 2.05) is 13.8 Å². The summed E-state index contributed by atoms with van der Waals surface area (Å²) >= 11 is 0. The molecule has 0 aliphatic carbocycles. The molecule has 0 radical (unpaired) electrons. The number of anilines is 1. The molecule has 0 aliphatic rings. The summed E-state index contributed by atoms with van der Waals surface area (Å²) in [6.07, 6.45) is 0.200. The number of aromatic nitrogens is 2. The van der Waals surface area contributed by atoms with Crippen molar-refractivity contribution in [2.24, 2.45) is 0 Å². The van der Waals surface area contributed by atoms with E-state index in [9.17, 15) is 9.18 Å². The number of aryl methyl sites for hydroxylation is 1. The highest BCUT2D eigenvalue weighted by Gasteiger charge is 2.09. The first-order valence-electron chi connectivity index (χ1n) is 5.62. The van der Waals surface area contributed by atoms with Gasteiger partial charge < -0.3 is 5.32 Å². The Morgan fingerprint density at radius 2 is 2.00 bits per heavy atom. The molecule has 2 N–H and O–H groups in total. The summed E-state index contributed by atoms with van der Waals surface area (Å²) in [7, 11) is 0. The van der Waals surface area contributed by atoms with Crippen LogP contribution in [0.2, 0.25) is 0 Å². The van der Waals surface area contributed by atoms with Crippen LogP contribution in [0.3, 0.4) is 0 Å². The highest BCUT2D eigenvalue weighted by molar-refractivity contribution is 5.92. The second kappa shape index (κ2) is 5.00. The van der Waals surface area contributed by atoms with Crippen LogP contribution in [0.1, 0.15) is 16.8 Å². The highest BCUT2D eigenvalue weighted by atomic mass is 19.1. The van der Waals surface area contributed by atoms with Crippen LogP contribution in [0.4, 0.5) is 10.2 Å². The number of hydrogen-bond acceptors (Lipinski definition) is 2. The van der Waals surface area contributed by atoms with Crippen molar-refractivity contribution < 1.29 is 9.18 Å². The Morgan fingerprint density at radius 3 is 2.56 bits per heavy atom. The fraction of sp³-hybridized carbons (Fsp3) is 0.231. The number of halogens is 1. The largest absolute Gasteiger partial charge is 0.309 e. The van der Waals surface area contributed by atoms with Gasteiger partial charge in [-0.2, -0.15) is 5.10 Å². The van der Waals surface area contributed by atoms with Gasteiger partial charge in [0.15, 0.2) is 5.82 Å². The minimum Gasteiger partial charge on any atom is -0.309 e. The van der Waals surface area contributed by atoms with E-state index in [1.54, 1.807) is 12.1 Å². The Hall–Kier alpha value is -2.17. The molecule has 94 valence electrons. The lowest BCUT2D eigenvalue weighted by Gasteiger charge is -2.03. The average Bonchev–Trinajstić information content (AvgIpc) is 2.64. The first-order chi connectivity index (χ1) is 8.56. The van der Waals surface area contributed by atoms with Crippen LogP contribution in [0.5, 0.6) is 0 Å². The number of carbonyl (C=O) groups excluding carboxylic acids is 1. The zero-order chi connectivity index (χ0) is 13.1. The SMILES string of the molecule is Cc1[nH]nc(NC(=O)Cc2ccc(F)cc2)c1C. The van der Waals surface area contributed by atoms with Gasteiger partial charge in [0.1, 0.15) is 5.82 Å². The van der Waals surface area contributed by atoms with Crippen molar-refractivity contribution in [1.29, 1.82) is 0 Å². The molecule has 5 heteroatoms. The number of carbonyl (C=O) groups is 1. The summed E-state index contributed by atoms with van der Waals surface area (Å²) in [5.74, 6) is 0.0637. The Bertz CT molecular complexity index is 560. The molecule has 18 heavy (non-hydrogen) atoms. The number of amides is 1. The average molecular weight is 247 g/mol. The van der Waals surface area contributed by atoms with Gasteiger partial charge in [0.25, 0.3) is 0 Å². The Labute approximate surface area is 104 Å². The van der Waals surface area contributed by atoms with Crippen LogP contribution >= 0.6 is 0 Å². The number of benzene rings is 1. The fourth-order valence-corrected chi connectivity index (χ4v) is 1.57. The van der Waals surface area contributed by atoms with Crippen molar-refractivity contribution in [3.63, 3.8) is 0 Å². The molecule has 1 aromatic heterocycles. The van der Waals surface area contributed by atoms with Crippen molar-refractivity contribution in [2.45, 2.75) is 20.3 Å². The van der Waals surface area contributed by atoms with Crippen LogP contribution in [-0.4, -0.2) is 16.1 Å². The van der Waals surface area contributed by atoms with Crippen molar-refractivity contribution in [3.05, 3.63) is 46.9 Å². The molecular formula is C13H14FN3O. The second-order valence-corrected chi connectivity index (χ2v) is 4.17. The normalized spacial score (nSPS) is 10.4. The number of H-pyrrole nitrogens is 1. The van der Waals surface area contributed by atoms with Gasteiger partial charge in [0, 0.05) is 11.3 Å². The summed E-state index contributed by atoms with van der Waals surface area (Å²) < 4.78 is 12.7. The number of nitrogens with one attached hydrogen (secondary N) is 2. The first-order valence-corrected chi connectivity index (χ1v) is 5.62. The van der Waals surface area contributed by atoms with Crippen LogP contribution < -0.4 is 5.32 Å². The monoisotopic (exact) mass is 247 g/mol. The van der Waals surface area contributed by atoms with Gasteiger partial charge in [-0.15, -0.1) is 0 Å². The van der Waals surface area contributed by atoms with Crippen molar-refractivity contribution >= 4 is 11.7 Å². The van der Waals surface area contributed by atoms with E-state index in [0.717, 1.165) is 16.8 Å². The standard InChI is InChI=1S/C13H14FN3O/c1-8-9(2)16-17-13(8)15-12(18)7-10-3-5-11(14)6-4-10/h3-6H,7H2,1-2H3,(H2,15,16,17,18). The van der Waals surface area contributed by atoms with E-state index in [0.29, 0.717) is 5.82 Å². The Balaban J connectivity index is 2.01. The van der Waals surface area contributed by atoms with Crippen molar-refractivity contribution in [3.8, 4) is 0 Å². The van der Waals surface area contributed by atoms with Gasteiger partial charge in [-0.3, -0.25) is 9.89 Å². The molecule has 0 aliphatic heterocycles. The van der Waals surface area contributed by atoms with E-state index in [4.69, 9.17) is 0 Å². The first kappa shape index (κ1) is 12.3. The quantitative estimate of drug-likeness (QED) is 0.874. The maximum Gasteiger partial charge on any atom is 0.230 e. The number of hydrogen-bond donors (Lipinski definition) is 2. The molecule has 0 unspecified atom stereocenters. The van der Waals surface area contributed by atoms with Gasteiger partial charge in [-0.05, 0) is 31.5 Å². The third-order valence-corrected chi connectivity index (χ3v) is 2.79. The zero-order valence-electron chi connectivity index (χ0n) is 10.2. The molecule has 2 rings (SSSR count). The minimum atomic E-state index is -0.307. The lowest BCUT2D eigenvalue weighted by Crippen LogP contribution is -2.15. The van der Waals surface area contributed by atoms with E-state index in [1.165, 1.54) is 12.1 Å². The molecule has 0 spiro atoms. The minimum absolute atomic E-state index is 0.170. The molecule has 0 bridgehead atoms. The summed E-state index contributed by atoms with van der Waals surface area (Å²) in [6.45, 7) is 3.77. The molecule has 0 fully saturated rings. The van der Waals surface area contributed by atoms with E-state index < -0.39 is 0 Å². The highest BCUT2D eigenvalue weighted by Crippen LogP contribution is 2.14. The molecular weight excluding hydrogens is 233 g/mol. The van der Waals surface area contributed by atoms with Crippen LogP contribution in [0.15, 0.2) is 24.3 Å². The van der Waals surface area contributed by atoms with Gasteiger partial charge in [-0.1, -0.05) is 12.1 Å². The third-order valence-electron chi connectivity index (χ3n) is 2.79. The molecule has 2 aromatic rings. The van der Waals surface area contributed by atoms with E-state index in [2.05, 4.69) is 15.5 Å². The summed E-state index contributed by atoms with van der Waals surface area (Å²) in [5, 5.41) is 9.51. The lowest BCUT2D eigenvalue weighted by molar-refractivity contribution is -0.115. The predicted molar refractivity (Wildman–Crippen MR) is 66.8 cm³/mol. The molecule has 1 heterocycles. The summed E-state index contributed by atoms with van der Waals surface area (Å²) in [6, 6.07) is 5.87. The van der Waals surface area contributed by atoms with Gasteiger partial charge in [-0.25, -0.2) is 4.39 Å². The van der Waals surface area contributed by atoms with Gasteiger partial charge >= 0.3 is 0 Å². The molecule has 0 saturated heterocycles. The Kier molecular flexibility index (Phi) is 3.41. The summed E-state index contributed by atoms with van der Waals surface area (Å²) in [5.41, 5.74) is 2.60. The molecule has 4 nitrogen and oxygen atoms in total. The molecule has 1 amide bonds. The van der Waals surface area contributed by atoms with Gasteiger partial charge in [0.05, 0.1) is 6.42 Å². The predicted octanol–water partition coefficient (Wildman–Crippen LogP) is 2.35. The van der Waals surface area contributed by atoms with Crippen LogP contribution in [0, 0.1) is 19.7 Å². The number of nitrogens with zero attached hydrogens (tertiary/aromatic N) is 1. The van der Waals surface area contributed by atoms with Gasteiger partial charge in [0.2, 0.25) is 5.91 Å². The Morgan fingerprint density at radius 1 is 1.33 bits per heavy atom. The third kappa shape index (κ3) is 2.74. The van der Waals surface area contributed by atoms with Crippen LogP contribution in [-0.2, 0) is 11.2 Å². The zero-order valence-corrected chi connectivity index (χ0v) is 10.2. The topological polar surface area (TPSA) is 57.8 Å². The smallest absolute Gasteiger partial charge is 0.230 e. The fourth-order valence-electron chi connectivity index (χ4n) is 1.57. The number of aromatic amines is 1.